The molecule has 0 atom stereocenters. The van der Waals surface area contributed by atoms with Crippen LogP contribution in [0.4, 0.5) is 18.0 Å². The smallest absolute Gasteiger partial charge is 0.416 e. The van der Waals surface area contributed by atoms with Crippen LogP contribution < -0.4 is 20.7 Å². The van der Waals surface area contributed by atoms with Crippen molar-refractivity contribution in [3.63, 3.8) is 0 Å². The number of rotatable bonds is 6. The van der Waals surface area contributed by atoms with Gasteiger partial charge in [-0.3, -0.25) is 4.99 Å². The highest BCUT2D eigenvalue weighted by atomic mass is 127. The molecule has 1 rings (SSSR count). The number of ether oxygens (including phenoxy) is 2. The first-order chi connectivity index (χ1) is 13.0. The average Bonchev–Trinajstić information content (AvgIpc) is 2.58. The van der Waals surface area contributed by atoms with Crippen LogP contribution in [-0.4, -0.2) is 44.9 Å². The topological polar surface area (TPSA) is 84.0 Å². The second-order valence-corrected chi connectivity index (χ2v) is 6.80. The highest BCUT2D eigenvalue weighted by molar-refractivity contribution is 14.0. The van der Waals surface area contributed by atoms with Crippen LogP contribution in [0.1, 0.15) is 31.9 Å². The summed E-state index contributed by atoms with van der Waals surface area (Å²) in [4.78, 5) is 15.5. The standard InChI is InChI=1S/C18H27F3N4O3.HI/c1-17(2,3)28-16(26)24-9-8-23-15(22-4)25-11-12-6-7-13(27-5)10-14(12)18(19,20)21;/h6-7,10H,8-9,11H2,1-5H3,(H,24,26)(H2,22,23,25);1H. The number of carbonyl (C=O) groups is 1. The fraction of sp³-hybridized carbons (Fsp3) is 0.556. The van der Waals surface area contributed by atoms with Crippen molar-refractivity contribution >= 4 is 36.0 Å². The predicted molar refractivity (Wildman–Crippen MR) is 116 cm³/mol. The average molecular weight is 532 g/mol. The monoisotopic (exact) mass is 532 g/mol. The van der Waals surface area contributed by atoms with Crippen molar-refractivity contribution < 1.29 is 27.4 Å². The van der Waals surface area contributed by atoms with Gasteiger partial charge in [-0.25, -0.2) is 4.79 Å². The Balaban J connectivity index is 0.00000784. The molecule has 166 valence electrons. The Labute approximate surface area is 185 Å². The van der Waals surface area contributed by atoms with Gasteiger partial charge in [-0.2, -0.15) is 13.2 Å². The third-order valence-corrected chi connectivity index (χ3v) is 3.38. The molecular weight excluding hydrogens is 504 g/mol. The van der Waals surface area contributed by atoms with E-state index < -0.39 is 23.4 Å². The molecule has 0 aliphatic carbocycles. The Kier molecular flexibility index (Phi) is 11.1. The van der Waals surface area contributed by atoms with Crippen LogP contribution in [0.2, 0.25) is 0 Å². The molecule has 0 bridgehead atoms. The number of carbonyl (C=O) groups excluding carboxylic acids is 1. The van der Waals surface area contributed by atoms with Crippen LogP contribution in [0.5, 0.6) is 5.75 Å². The number of guanidine groups is 1. The molecule has 0 fully saturated rings. The SMILES string of the molecule is CN=C(NCCNC(=O)OC(C)(C)C)NCc1ccc(OC)cc1C(F)(F)F.I. The molecule has 0 saturated heterocycles. The predicted octanol–water partition coefficient (Wildman–Crippen LogP) is 3.52. The van der Waals surface area contributed by atoms with Crippen LogP contribution in [-0.2, 0) is 17.5 Å². The summed E-state index contributed by atoms with van der Waals surface area (Å²) in [6.45, 7) is 5.75. The zero-order valence-electron chi connectivity index (χ0n) is 17.1. The van der Waals surface area contributed by atoms with E-state index in [-0.39, 0.29) is 48.4 Å². The van der Waals surface area contributed by atoms with E-state index in [9.17, 15) is 18.0 Å². The third kappa shape index (κ3) is 10.4. The molecule has 0 radical (unpaired) electrons. The van der Waals surface area contributed by atoms with E-state index in [2.05, 4.69) is 20.9 Å². The van der Waals surface area contributed by atoms with Crippen LogP contribution >= 0.6 is 24.0 Å². The fourth-order valence-electron chi connectivity index (χ4n) is 2.16. The second kappa shape index (κ2) is 11.9. The number of benzene rings is 1. The summed E-state index contributed by atoms with van der Waals surface area (Å²) in [7, 11) is 2.81. The van der Waals surface area contributed by atoms with E-state index in [1.54, 1.807) is 20.8 Å². The first kappa shape index (κ1) is 27.1. The van der Waals surface area contributed by atoms with E-state index in [1.807, 2.05) is 0 Å². The molecule has 0 heterocycles. The number of alkyl halides is 3. The first-order valence-corrected chi connectivity index (χ1v) is 8.61. The number of hydrogen-bond acceptors (Lipinski definition) is 4. The molecule has 7 nitrogen and oxygen atoms in total. The van der Waals surface area contributed by atoms with Crippen LogP contribution in [0.3, 0.4) is 0 Å². The Morgan fingerprint density at radius 3 is 2.24 bits per heavy atom. The lowest BCUT2D eigenvalue weighted by molar-refractivity contribution is -0.138. The fourth-order valence-corrected chi connectivity index (χ4v) is 2.16. The highest BCUT2D eigenvalue weighted by Crippen LogP contribution is 2.34. The lowest BCUT2D eigenvalue weighted by Gasteiger charge is -2.20. The summed E-state index contributed by atoms with van der Waals surface area (Å²) in [5, 5.41) is 8.28. The van der Waals surface area contributed by atoms with E-state index in [0.717, 1.165) is 6.07 Å². The van der Waals surface area contributed by atoms with Gasteiger partial charge in [0.05, 0.1) is 12.7 Å². The Morgan fingerprint density at radius 2 is 1.72 bits per heavy atom. The quantitative estimate of drug-likeness (QED) is 0.226. The van der Waals surface area contributed by atoms with Gasteiger partial charge in [-0.15, -0.1) is 24.0 Å². The van der Waals surface area contributed by atoms with E-state index in [4.69, 9.17) is 9.47 Å². The molecule has 1 aromatic rings. The van der Waals surface area contributed by atoms with Crippen molar-refractivity contribution in [3.05, 3.63) is 29.3 Å². The summed E-state index contributed by atoms with van der Waals surface area (Å²) in [6.07, 6.45) is -5.05. The van der Waals surface area contributed by atoms with E-state index in [1.165, 1.54) is 26.3 Å². The number of hydrogen-bond donors (Lipinski definition) is 3. The molecule has 1 amide bonds. The maximum absolute atomic E-state index is 13.2. The molecule has 1 aromatic carbocycles. The summed E-state index contributed by atoms with van der Waals surface area (Å²) in [6, 6.07) is 3.77. The maximum Gasteiger partial charge on any atom is 0.416 e. The van der Waals surface area contributed by atoms with Gasteiger partial charge in [0, 0.05) is 26.7 Å². The van der Waals surface area contributed by atoms with Gasteiger partial charge in [0.25, 0.3) is 0 Å². The van der Waals surface area contributed by atoms with Gasteiger partial charge < -0.3 is 25.4 Å². The number of nitrogens with zero attached hydrogens (tertiary/aromatic N) is 1. The van der Waals surface area contributed by atoms with Gasteiger partial charge >= 0.3 is 12.3 Å². The molecular formula is C18H28F3IN4O3. The number of nitrogens with one attached hydrogen (secondary N) is 3. The highest BCUT2D eigenvalue weighted by Gasteiger charge is 2.33. The molecule has 3 N–H and O–H groups in total. The molecule has 29 heavy (non-hydrogen) atoms. The number of amides is 1. The summed E-state index contributed by atoms with van der Waals surface area (Å²) in [5.41, 5.74) is -1.31. The number of aliphatic imine (C=N–C) groups is 1. The Morgan fingerprint density at radius 1 is 1.10 bits per heavy atom. The second-order valence-electron chi connectivity index (χ2n) is 6.80. The number of alkyl carbamates (subject to hydrolysis) is 1. The molecule has 0 spiro atoms. The molecule has 0 unspecified atom stereocenters. The van der Waals surface area contributed by atoms with Crippen molar-refractivity contribution in [2.75, 3.05) is 27.2 Å². The third-order valence-electron chi connectivity index (χ3n) is 3.38. The van der Waals surface area contributed by atoms with Crippen molar-refractivity contribution in [1.29, 1.82) is 0 Å². The summed E-state index contributed by atoms with van der Waals surface area (Å²) >= 11 is 0. The van der Waals surface area contributed by atoms with Crippen molar-refractivity contribution in [1.82, 2.24) is 16.0 Å². The number of methoxy groups -OCH3 is 1. The first-order valence-electron chi connectivity index (χ1n) is 8.61. The minimum atomic E-state index is -4.50. The molecule has 11 heteroatoms. The van der Waals surface area contributed by atoms with Gasteiger partial charge in [0.15, 0.2) is 5.96 Å². The van der Waals surface area contributed by atoms with Gasteiger partial charge in [0.1, 0.15) is 11.4 Å². The Bertz CT molecular complexity index is 692. The van der Waals surface area contributed by atoms with Gasteiger partial charge in [0.2, 0.25) is 0 Å². The van der Waals surface area contributed by atoms with E-state index in [0.29, 0.717) is 12.5 Å². The molecule has 0 aliphatic rings. The summed E-state index contributed by atoms with van der Waals surface area (Å²) in [5.74, 6) is 0.432. The van der Waals surface area contributed by atoms with Gasteiger partial charge in [-0.05, 0) is 38.5 Å². The number of halogens is 4. The van der Waals surface area contributed by atoms with Crippen LogP contribution in [0.25, 0.3) is 0 Å². The lowest BCUT2D eigenvalue weighted by atomic mass is 10.1. The van der Waals surface area contributed by atoms with Crippen LogP contribution in [0.15, 0.2) is 23.2 Å². The van der Waals surface area contributed by atoms with Crippen molar-refractivity contribution in [3.8, 4) is 5.75 Å². The maximum atomic E-state index is 13.2. The molecule has 0 aliphatic heterocycles. The lowest BCUT2D eigenvalue weighted by Crippen LogP contribution is -2.42. The largest absolute Gasteiger partial charge is 0.497 e. The zero-order valence-corrected chi connectivity index (χ0v) is 19.4. The minimum Gasteiger partial charge on any atom is -0.497 e. The van der Waals surface area contributed by atoms with Crippen molar-refractivity contribution in [2.45, 2.75) is 39.1 Å². The molecule has 0 saturated carbocycles. The van der Waals surface area contributed by atoms with Gasteiger partial charge in [-0.1, -0.05) is 6.07 Å². The zero-order chi connectivity index (χ0) is 21.4. The summed E-state index contributed by atoms with van der Waals surface area (Å²) < 4.78 is 49.7. The van der Waals surface area contributed by atoms with Crippen LogP contribution in [0, 0.1) is 0 Å². The normalized spacial score (nSPS) is 11.9. The van der Waals surface area contributed by atoms with Crippen molar-refractivity contribution in [2.24, 2.45) is 4.99 Å². The Hall–Kier alpha value is -1.92. The molecule has 0 aromatic heterocycles. The minimum absolute atomic E-state index is 0. The van der Waals surface area contributed by atoms with E-state index >= 15 is 0 Å².